The van der Waals surface area contributed by atoms with Gasteiger partial charge in [0.2, 0.25) is 0 Å². The van der Waals surface area contributed by atoms with Crippen molar-refractivity contribution in [3.8, 4) is 0 Å². The highest BCUT2D eigenvalue weighted by atomic mass is 16.5. The van der Waals surface area contributed by atoms with Crippen molar-refractivity contribution in [1.82, 2.24) is 14.7 Å². The average molecular weight is 326 g/mol. The first-order chi connectivity index (χ1) is 11.9. The Bertz CT molecular complexity index is 636. The van der Waals surface area contributed by atoms with Gasteiger partial charge < -0.3 is 9.64 Å². The van der Waals surface area contributed by atoms with Crippen LogP contribution >= 0.6 is 0 Å². The fourth-order valence-electron chi connectivity index (χ4n) is 3.78. The molecule has 1 aromatic heterocycles. The van der Waals surface area contributed by atoms with Crippen molar-refractivity contribution in [1.29, 1.82) is 0 Å². The molecule has 128 valence electrons. The minimum atomic E-state index is 0.641. The van der Waals surface area contributed by atoms with E-state index >= 15 is 0 Å². The Hall–Kier alpha value is -1.85. The molecular formula is C19H26N4O. The van der Waals surface area contributed by atoms with Gasteiger partial charge in [-0.25, -0.2) is 0 Å². The van der Waals surface area contributed by atoms with E-state index in [0.29, 0.717) is 6.04 Å². The number of nitrogens with zero attached hydrogens (tertiary/aromatic N) is 4. The molecule has 2 aliphatic rings. The highest BCUT2D eigenvalue weighted by molar-refractivity contribution is 5.38. The van der Waals surface area contributed by atoms with Crippen LogP contribution in [0.4, 0.5) is 5.82 Å². The molecule has 0 aliphatic carbocycles. The molecule has 0 bridgehead atoms. The predicted octanol–water partition coefficient (Wildman–Crippen LogP) is 2.23. The number of benzene rings is 1. The van der Waals surface area contributed by atoms with Gasteiger partial charge in [-0.3, -0.25) is 9.58 Å². The Labute approximate surface area is 143 Å². The van der Waals surface area contributed by atoms with Gasteiger partial charge in [0.1, 0.15) is 0 Å². The molecule has 4 rings (SSSR count). The van der Waals surface area contributed by atoms with Crippen molar-refractivity contribution in [2.75, 3.05) is 44.3 Å². The molecule has 1 unspecified atom stereocenters. The standard InChI is InChI=1S/C19H26N4O/c1-2-5-17(6-3-1)15-23-10-8-19(20-23)22-9-4-7-18(16-22)21-11-13-24-14-12-21/h1-3,5-6,8,10,18H,4,7,9,11-16H2. The summed E-state index contributed by atoms with van der Waals surface area (Å²) in [5.41, 5.74) is 1.29. The van der Waals surface area contributed by atoms with Crippen LogP contribution in [0.2, 0.25) is 0 Å². The van der Waals surface area contributed by atoms with Crippen molar-refractivity contribution in [2.45, 2.75) is 25.4 Å². The zero-order valence-corrected chi connectivity index (χ0v) is 14.2. The summed E-state index contributed by atoms with van der Waals surface area (Å²) < 4.78 is 7.54. The first-order valence-corrected chi connectivity index (χ1v) is 9.02. The molecule has 2 saturated heterocycles. The Balaban J connectivity index is 1.40. The highest BCUT2D eigenvalue weighted by Crippen LogP contribution is 2.22. The van der Waals surface area contributed by atoms with E-state index in [-0.39, 0.29) is 0 Å². The van der Waals surface area contributed by atoms with E-state index in [4.69, 9.17) is 9.84 Å². The van der Waals surface area contributed by atoms with Gasteiger partial charge in [0.15, 0.2) is 5.82 Å². The van der Waals surface area contributed by atoms with Crippen LogP contribution in [0.1, 0.15) is 18.4 Å². The number of hydrogen-bond acceptors (Lipinski definition) is 4. The lowest BCUT2D eigenvalue weighted by atomic mass is 10.0. The Kier molecular flexibility index (Phi) is 4.81. The molecule has 24 heavy (non-hydrogen) atoms. The number of ether oxygens (including phenoxy) is 1. The summed E-state index contributed by atoms with van der Waals surface area (Å²) in [6.07, 6.45) is 4.63. The second kappa shape index (κ2) is 7.36. The van der Waals surface area contributed by atoms with E-state index in [1.165, 1.54) is 18.4 Å². The monoisotopic (exact) mass is 326 g/mol. The van der Waals surface area contributed by atoms with Gasteiger partial charge in [-0.2, -0.15) is 5.10 Å². The van der Waals surface area contributed by atoms with E-state index in [1.807, 2.05) is 4.68 Å². The maximum absolute atomic E-state index is 5.49. The van der Waals surface area contributed by atoms with Gasteiger partial charge in [-0.05, 0) is 18.4 Å². The maximum Gasteiger partial charge on any atom is 0.150 e. The summed E-state index contributed by atoms with van der Waals surface area (Å²) >= 11 is 0. The first-order valence-electron chi connectivity index (χ1n) is 9.02. The molecule has 5 nitrogen and oxygen atoms in total. The van der Waals surface area contributed by atoms with Gasteiger partial charge in [0, 0.05) is 44.5 Å². The van der Waals surface area contributed by atoms with Crippen LogP contribution < -0.4 is 4.90 Å². The fourth-order valence-corrected chi connectivity index (χ4v) is 3.78. The summed E-state index contributed by atoms with van der Waals surface area (Å²) in [6.45, 7) is 6.93. The molecule has 1 atom stereocenters. The van der Waals surface area contributed by atoms with Crippen molar-refractivity contribution < 1.29 is 4.74 Å². The van der Waals surface area contributed by atoms with Crippen LogP contribution in [-0.2, 0) is 11.3 Å². The number of aromatic nitrogens is 2. The molecule has 2 fully saturated rings. The molecule has 5 heteroatoms. The summed E-state index contributed by atoms with van der Waals surface area (Å²) in [4.78, 5) is 5.04. The SMILES string of the molecule is c1ccc(Cn2ccc(N3CCCC(N4CCOCC4)C3)n2)cc1. The van der Waals surface area contributed by atoms with E-state index < -0.39 is 0 Å². The zero-order chi connectivity index (χ0) is 16.2. The third-order valence-electron chi connectivity index (χ3n) is 5.10. The summed E-state index contributed by atoms with van der Waals surface area (Å²) in [5, 5.41) is 4.81. The molecule has 0 radical (unpaired) electrons. The lowest BCUT2D eigenvalue weighted by Crippen LogP contribution is -2.51. The molecule has 0 amide bonds. The van der Waals surface area contributed by atoms with Crippen LogP contribution in [-0.4, -0.2) is 60.1 Å². The second-order valence-corrected chi connectivity index (χ2v) is 6.75. The van der Waals surface area contributed by atoms with Crippen molar-refractivity contribution in [3.63, 3.8) is 0 Å². The van der Waals surface area contributed by atoms with E-state index in [0.717, 1.165) is 51.8 Å². The van der Waals surface area contributed by atoms with Crippen LogP contribution in [0.15, 0.2) is 42.6 Å². The van der Waals surface area contributed by atoms with Crippen molar-refractivity contribution >= 4 is 5.82 Å². The molecule has 3 heterocycles. The summed E-state index contributed by atoms with van der Waals surface area (Å²) in [7, 11) is 0. The van der Waals surface area contributed by atoms with Gasteiger partial charge in [0.05, 0.1) is 19.8 Å². The average Bonchev–Trinajstić information content (AvgIpc) is 3.12. The number of morpholine rings is 1. The maximum atomic E-state index is 5.49. The molecular weight excluding hydrogens is 300 g/mol. The van der Waals surface area contributed by atoms with E-state index in [2.05, 4.69) is 52.4 Å². The summed E-state index contributed by atoms with van der Waals surface area (Å²) in [5.74, 6) is 1.11. The number of hydrogen-bond donors (Lipinski definition) is 0. The molecule has 2 aliphatic heterocycles. The quantitative estimate of drug-likeness (QED) is 0.863. The fraction of sp³-hybridized carbons (Fsp3) is 0.526. The third kappa shape index (κ3) is 3.62. The number of rotatable bonds is 4. The number of piperidine rings is 1. The minimum Gasteiger partial charge on any atom is -0.379 e. The summed E-state index contributed by atoms with van der Waals surface area (Å²) in [6, 6.07) is 13.3. The van der Waals surface area contributed by atoms with Gasteiger partial charge in [-0.1, -0.05) is 30.3 Å². The van der Waals surface area contributed by atoms with E-state index in [9.17, 15) is 0 Å². The largest absolute Gasteiger partial charge is 0.379 e. The highest BCUT2D eigenvalue weighted by Gasteiger charge is 2.27. The second-order valence-electron chi connectivity index (χ2n) is 6.75. The normalized spacial score (nSPS) is 22.7. The molecule has 0 N–H and O–H groups in total. The topological polar surface area (TPSA) is 33.5 Å². The molecule has 2 aromatic rings. The molecule has 0 spiro atoms. The van der Waals surface area contributed by atoms with Gasteiger partial charge >= 0.3 is 0 Å². The Morgan fingerprint density at radius 2 is 1.88 bits per heavy atom. The van der Waals surface area contributed by atoms with Gasteiger partial charge in [-0.15, -0.1) is 0 Å². The van der Waals surface area contributed by atoms with Crippen LogP contribution in [0.25, 0.3) is 0 Å². The van der Waals surface area contributed by atoms with Crippen LogP contribution in [0.5, 0.6) is 0 Å². The molecule has 0 saturated carbocycles. The zero-order valence-electron chi connectivity index (χ0n) is 14.2. The lowest BCUT2D eigenvalue weighted by molar-refractivity contribution is 0.0137. The van der Waals surface area contributed by atoms with Gasteiger partial charge in [0.25, 0.3) is 0 Å². The van der Waals surface area contributed by atoms with Crippen molar-refractivity contribution in [2.24, 2.45) is 0 Å². The van der Waals surface area contributed by atoms with Crippen molar-refractivity contribution in [3.05, 3.63) is 48.2 Å². The molecule has 1 aromatic carbocycles. The lowest BCUT2D eigenvalue weighted by Gasteiger charge is -2.41. The minimum absolute atomic E-state index is 0.641. The van der Waals surface area contributed by atoms with Crippen LogP contribution in [0, 0.1) is 0 Å². The Morgan fingerprint density at radius 1 is 1.04 bits per heavy atom. The van der Waals surface area contributed by atoms with E-state index in [1.54, 1.807) is 0 Å². The first kappa shape index (κ1) is 15.7. The van der Waals surface area contributed by atoms with Crippen LogP contribution in [0.3, 0.4) is 0 Å². The predicted molar refractivity (Wildman–Crippen MR) is 95.4 cm³/mol. The number of anilines is 1. The Morgan fingerprint density at radius 3 is 2.71 bits per heavy atom. The third-order valence-corrected chi connectivity index (χ3v) is 5.10. The smallest absolute Gasteiger partial charge is 0.150 e.